The van der Waals surface area contributed by atoms with Gasteiger partial charge in [0.05, 0.1) is 6.61 Å². The number of pyridine rings is 1. The quantitative estimate of drug-likeness (QED) is 0.873. The lowest BCUT2D eigenvalue weighted by molar-refractivity contribution is 0.281. The number of anilines is 1. The molecule has 1 aliphatic heterocycles. The Morgan fingerprint density at radius 3 is 2.88 bits per heavy atom. The molecule has 0 amide bonds. The van der Waals surface area contributed by atoms with E-state index in [0.717, 1.165) is 23.6 Å². The standard InChI is InChI=1S/C14H22N2O/c1-10(2)13-5-4-6-16(13)14-8-12(9-17)7-11(3)15-14/h7-8,10,13,17H,4-6,9H2,1-3H3. The predicted octanol–water partition coefficient (Wildman–Crippen LogP) is 2.51. The van der Waals surface area contributed by atoms with Gasteiger partial charge in [-0.15, -0.1) is 0 Å². The van der Waals surface area contributed by atoms with E-state index in [1.807, 2.05) is 19.1 Å². The molecule has 1 fully saturated rings. The molecule has 1 unspecified atom stereocenters. The highest BCUT2D eigenvalue weighted by atomic mass is 16.3. The van der Waals surface area contributed by atoms with Gasteiger partial charge in [0.25, 0.3) is 0 Å². The van der Waals surface area contributed by atoms with Crippen molar-refractivity contribution < 1.29 is 5.11 Å². The van der Waals surface area contributed by atoms with Crippen LogP contribution in [0.4, 0.5) is 5.82 Å². The highest BCUT2D eigenvalue weighted by Crippen LogP contribution is 2.29. The Balaban J connectivity index is 2.29. The lowest BCUT2D eigenvalue weighted by atomic mass is 10.0. The van der Waals surface area contributed by atoms with Crippen LogP contribution in [-0.2, 0) is 6.61 Å². The number of rotatable bonds is 3. The van der Waals surface area contributed by atoms with Crippen LogP contribution in [0.3, 0.4) is 0 Å². The van der Waals surface area contributed by atoms with Gasteiger partial charge in [0, 0.05) is 18.3 Å². The Labute approximate surface area is 103 Å². The second-order valence-electron chi connectivity index (χ2n) is 5.28. The molecule has 2 heterocycles. The zero-order chi connectivity index (χ0) is 12.4. The van der Waals surface area contributed by atoms with Gasteiger partial charge in [0.1, 0.15) is 5.82 Å². The molecular weight excluding hydrogens is 212 g/mol. The Morgan fingerprint density at radius 1 is 1.47 bits per heavy atom. The van der Waals surface area contributed by atoms with Crippen molar-refractivity contribution in [1.29, 1.82) is 0 Å². The summed E-state index contributed by atoms with van der Waals surface area (Å²) in [7, 11) is 0. The minimum absolute atomic E-state index is 0.0938. The fourth-order valence-electron chi connectivity index (χ4n) is 2.73. The van der Waals surface area contributed by atoms with Gasteiger partial charge < -0.3 is 10.0 Å². The highest BCUT2D eigenvalue weighted by Gasteiger charge is 2.28. The van der Waals surface area contributed by atoms with E-state index in [1.54, 1.807) is 0 Å². The first-order chi connectivity index (χ1) is 8.11. The largest absolute Gasteiger partial charge is 0.392 e. The van der Waals surface area contributed by atoms with Crippen molar-refractivity contribution in [3.63, 3.8) is 0 Å². The third kappa shape index (κ3) is 2.60. The maximum absolute atomic E-state index is 9.26. The molecule has 1 N–H and O–H groups in total. The van der Waals surface area contributed by atoms with E-state index < -0.39 is 0 Å². The highest BCUT2D eigenvalue weighted by molar-refractivity contribution is 5.44. The number of hydrogen-bond donors (Lipinski definition) is 1. The lowest BCUT2D eigenvalue weighted by Gasteiger charge is -2.29. The van der Waals surface area contributed by atoms with Crippen LogP contribution in [0.25, 0.3) is 0 Å². The number of aromatic nitrogens is 1. The summed E-state index contributed by atoms with van der Waals surface area (Å²) in [6.45, 7) is 7.71. The topological polar surface area (TPSA) is 36.4 Å². The Hall–Kier alpha value is -1.09. The molecule has 1 atom stereocenters. The predicted molar refractivity (Wildman–Crippen MR) is 70.1 cm³/mol. The Morgan fingerprint density at radius 2 is 2.24 bits per heavy atom. The van der Waals surface area contributed by atoms with E-state index in [0.29, 0.717) is 12.0 Å². The molecule has 0 spiro atoms. The molecular formula is C14H22N2O. The molecule has 94 valence electrons. The van der Waals surface area contributed by atoms with Crippen LogP contribution >= 0.6 is 0 Å². The van der Waals surface area contributed by atoms with Gasteiger partial charge >= 0.3 is 0 Å². The summed E-state index contributed by atoms with van der Waals surface area (Å²) in [6, 6.07) is 4.56. The molecule has 0 radical (unpaired) electrons. The molecule has 1 aromatic rings. The van der Waals surface area contributed by atoms with Crippen molar-refractivity contribution in [3.05, 3.63) is 23.4 Å². The van der Waals surface area contributed by atoms with Crippen molar-refractivity contribution in [2.24, 2.45) is 5.92 Å². The second-order valence-corrected chi connectivity index (χ2v) is 5.28. The lowest BCUT2D eigenvalue weighted by Crippen LogP contribution is -2.34. The van der Waals surface area contributed by atoms with E-state index in [9.17, 15) is 5.11 Å². The number of aryl methyl sites for hydroxylation is 1. The van der Waals surface area contributed by atoms with E-state index in [2.05, 4.69) is 23.7 Å². The zero-order valence-electron chi connectivity index (χ0n) is 11.0. The van der Waals surface area contributed by atoms with Crippen molar-refractivity contribution in [2.45, 2.75) is 46.3 Å². The van der Waals surface area contributed by atoms with E-state index in [1.165, 1.54) is 12.8 Å². The molecule has 2 rings (SSSR count). The van der Waals surface area contributed by atoms with Crippen LogP contribution in [0, 0.1) is 12.8 Å². The number of aliphatic hydroxyl groups excluding tert-OH is 1. The number of nitrogens with zero attached hydrogens (tertiary/aromatic N) is 2. The molecule has 0 aromatic carbocycles. The molecule has 0 bridgehead atoms. The monoisotopic (exact) mass is 234 g/mol. The maximum atomic E-state index is 9.26. The van der Waals surface area contributed by atoms with Gasteiger partial charge in [0.15, 0.2) is 0 Å². The van der Waals surface area contributed by atoms with Gasteiger partial charge in [-0.3, -0.25) is 0 Å². The van der Waals surface area contributed by atoms with Crippen LogP contribution in [-0.4, -0.2) is 22.7 Å². The van der Waals surface area contributed by atoms with Crippen molar-refractivity contribution in [1.82, 2.24) is 4.98 Å². The molecule has 1 aromatic heterocycles. The van der Waals surface area contributed by atoms with Gasteiger partial charge in [-0.1, -0.05) is 13.8 Å². The molecule has 17 heavy (non-hydrogen) atoms. The first kappa shape index (κ1) is 12.4. The summed E-state index contributed by atoms with van der Waals surface area (Å²) in [6.07, 6.45) is 2.49. The van der Waals surface area contributed by atoms with Crippen LogP contribution in [0.15, 0.2) is 12.1 Å². The summed E-state index contributed by atoms with van der Waals surface area (Å²) in [5.41, 5.74) is 1.95. The van der Waals surface area contributed by atoms with Gasteiger partial charge in [-0.2, -0.15) is 0 Å². The molecule has 3 heteroatoms. The third-order valence-electron chi connectivity index (χ3n) is 3.55. The average molecular weight is 234 g/mol. The average Bonchev–Trinajstić information content (AvgIpc) is 2.77. The fraction of sp³-hybridized carbons (Fsp3) is 0.643. The smallest absolute Gasteiger partial charge is 0.129 e. The fourth-order valence-corrected chi connectivity index (χ4v) is 2.73. The molecule has 1 saturated heterocycles. The normalized spacial score (nSPS) is 20.3. The van der Waals surface area contributed by atoms with Crippen molar-refractivity contribution in [2.75, 3.05) is 11.4 Å². The zero-order valence-corrected chi connectivity index (χ0v) is 11.0. The first-order valence-electron chi connectivity index (χ1n) is 6.47. The molecule has 1 aliphatic rings. The molecule has 3 nitrogen and oxygen atoms in total. The van der Waals surface area contributed by atoms with Crippen LogP contribution in [0.2, 0.25) is 0 Å². The Bertz CT molecular complexity index is 390. The van der Waals surface area contributed by atoms with E-state index in [4.69, 9.17) is 0 Å². The maximum Gasteiger partial charge on any atom is 0.129 e. The minimum Gasteiger partial charge on any atom is -0.392 e. The summed E-state index contributed by atoms with van der Waals surface area (Å²) in [4.78, 5) is 7.01. The Kier molecular flexibility index (Phi) is 3.67. The summed E-state index contributed by atoms with van der Waals surface area (Å²) in [5.74, 6) is 1.68. The minimum atomic E-state index is 0.0938. The SMILES string of the molecule is Cc1cc(CO)cc(N2CCCC2C(C)C)n1. The number of aliphatic hydroxyl groups is 1. The van der Waals surface area contributed by atoms with Crippen molar-refractivity contribution >= 4 is 5.82 Å². The van der Waals surface area contributed by atoms with Gasteiger partial charge in [0.2, 0.25) is 0 Å². The van der Waals surface area contributed by atoms with E-state index >= 15 is 0 Å². The van der Waals surface area contributed by atoms with Crippen LogP contribution < -0.4 is 4.90 Å². The summed E-state index contributed by atoms with van der Waals surface area (Å²) in [5, 5.41) is 9.26. The van der Waals surface area contributed by atoms with Gasteiger partial charge in [-0.25, -0.2) is 4.98 Å². The first-order valence-corrected chi connectivity index (χ1v) is 6.47. The van der Waals surface area contributed by atoms with Crippen molar-refractivity contribution in [3.8, 4) is 0 Å². The molecule has 0 saturated carbocycles. The van der Waals surface area contributed by atoms with Gasteiger partial charge in [-0.05, 0) is 43.4 Å². The molecule has 0 aliphatic carbocycles. The number of hydrogen-bond acceptors (Lipinski definition) is 3. The second kappa shape index (κ2) is 5.05. The van der Waals surface area contributed by atoms with Crippen LogP contribution in [0.1, 0.15) is 37.9 Å². The third-order valence-corrected chi connectivity index (χ3v) is 3.55. The van der Waals surface area contributed by atoms with E-state index in [-0.39, 0.29) is 6.61 Å². The van der Waals surface area contributed by atoms with Crippen LogP contribution in [0.5, 0.6) is 0 Å². The summed E-state index contributed by atoms with van der Waals surface area (Å²) < 4.78 is 0. The summed E-state index contributed by atoms with van der Waals surface area (Å²) >= 11 is 0.